The minimum atomic E-state index is -1.46. The maximum absolute atomic E-state index is 12.9. The summed E-state index contributed by atoms with van der Waals surface area (Å²) < 4.78 is 20.1. The van der Waals surface area contributed by atoms with E-state index >= 15 is 0 Å². The molecule has 0 saturated carbocycles. The maximum atomic E-state index is 12.9. The molecule has 0 spiro atoms. The third-order valence-electron chi connectivity index (χ3n) is 4.68. The van der Waals surface area contributed by atoms with Gasteiger partial charge in [0.05, 0.1) is 32.8 Å². The summed E-state index contributed by atoms with van der Waals surface area (Å²) >= 11 is 0. The van der Waals surface area contributed by atoms with Crippen LogP contribution in [0, 0.1) is 0 Å². The zero-order chi connectivity index (χ0) is 25.2. The van der Waals surface area contributed by atoms with Crippen molar-refractivity contribution in [3.63, 3.8) is 0 Å². The molecule has 0 aromatic heterocycles. The van der Waals surface area contributed by atoms with Gasteiger partial charge in [0.1, 0.15) is 19.1 Å². The van der Waals surface area contributed by atoms with Crippen LogP contribution < -0.4 is 5.73 Å². The molecule has 0 unspecified atom stereocenters. The minimum absolute atomic E-state index is 0.261. The van der Waals surface area contributed by atoms with Gasteiger partial charge in [0, 0.05) is 54.6 Å². The molecule has 0 heterocycles. The lowest BCUT2D eigenvalue weighted by Gasteiger charge is -2.30. The lowest BCUT2D eigenvalue weighted by atomic mass is 10.2. The Morgan fingerprint density at radius 3 is 1.27 bits per heavy atom. The highest BCUT2D eigenvalue weighted by Crippen LogP contribution is 2.04. The number of carboxylic acid groups (broad SMARTS) is 1. The summed E-state index contributed by atoms with van der Waals surface area (Å²) in [6, 6.07) is -1.46. The Kier molecular flexibility index (Phi) is 16.9. The monoisotopic (exact) mass is 478 g/mol. The van der Waals surface area contributed by atoms with Crippen molar-refractivity contribution >= 4 is 23.7 Å². The molecule has 0 rings (SSSR count). The van der Waals surface area contributed by atoms with Gasteiger partial charge in [0.15, 0.2) is 0 Å². The van der Waals surface area contributed by atoms with Gasteiger partial charge in [0.2, 0.25) is 17.7 Å². The van der Waals surface area contributed by atoms with Crippen LogP contribution in [-0.2, 0) is 38.1 Å². The second-order valence-electron chi connectivity index (χ2n) is 7.13. The third kappa shape index (κ3) is 13.1. The lowest BCUT2D eigenvalue weighted by Crippen LogP contribution is -2.50. The Hall–Kier alpha value is -2.32. The van der Waals surface area contributed by atoms with Gasteiger partial charge >= 0.3 is 5.97 Å². The zero-order valence-electron chi connectivity index (χ0n) is 20.0. The molecule has 0 aliphatic carbocycles. The van der Waals surface area contributed by atoms with E-state index in [2.05, 4.69) is 0 Å². The molecule has 0 saturated heterocycles. The number of carboxylic acids is 1. The van der Waals surface area contributed by atoms with Crippen molar-refractivity contribution < 1.29 is 43.2 Å². The molecule has 0 aliphatic rings. The Balaban J connectivity index is 5.54. The molecule has 13 heteroatoms. The molecule has 13 nitrogen and oxygen atoms in total. The summed E-state index contributed by atoms with van der Waals surface area (Å²) in [5.74, 6) is -2.95. The fourth-order valence-electron chi connectivity index (χ4n) is 2.69. The highest BCUT2D eigenvalue weighted by molar-refractivity contribution is 5.91. The average molecular weight is 479 g/mol. The zero-order valence-corrected chi connectivity index (χ0v) is 20.0. The second kappa shape index (κ2) is 18.1. The molecule has 3 amide bonds. The maximum Gasteiger partial charge on any atom is 0.321 e. The van der Waals surface area contributed by atoms with Crippen LogP contribution in [0.4, 0.5) is 0 Å². The van der Waals surface area contributed by atoms with Crippen molar-refractivity contribution in [2.75, 3.05) is 94.1 Å². The highest BCUT2D eigenvalue weighted by atomic mass is 16.5. The number of carbonyl (C=O) groups excluding carboxylic acids is 3. The smallest absolute Gasteiger partial charge is 0.321 e. The van der Waals surface area contributed by atoms with Crippen molar-refractivity contribution in [1.29, 1.82) is 0 Å². The first-order chi connectivity index (χ1) is 15.7. The minimum Gasteiger partial charge on any atom is -0.480 e. The standard InChI is InChI=1S/C20H38N4O9/c1-30-9-5-22(6-10-31-2)18(26)14-24(17(25)13-16(21)20(28)29)15-19(27)23(7-11-32-3)8-12-33-4/h16H,5-15,21H2,1-4H3,(H,28,29)/t16-/m0/s1. The predicted octanol–water partition coefficient (Wildman–Crippen LogP) is -2.14. The van der Waals surface area contributed by atoms with Gasteiger partial charge in [-0.15, -0.1) is 0 Å². The first kappa shape index (κ1) is 30.7. The van der Waals surface area contributed by atoms with E-state index in [1.807, 2.05) is 0 Å². The van der Waals surface area contributed by atoms with Gasteiger partial charge in [-0.1, -0.05) is 0 Å². The number of amides is 3. The van der Waals surface area contributed by atoms with E-state index in [4.69, 9.17) is 29.8 Å². The second-order valence-corrected chi connectivity index (χ2v) is 7.13. The van der Waals surface area contributed by atoms with E-state index in [-0.39, 0.29) is 52.6 Å². The molecule has 0 aromatic rings. The molecule has 0 fully saturated rings. The number of methoxy groups -OCH3 is 4. The molecule has 33 heavy (non-hydrogen) atoms. The molecule has 1 atom stereocenters. The van der Waals surface area contributed by atoms with E-state index in [0.29, 0.717) is 0 Å². The molecule has 0 aliphatic heterocycles. The number of nitrogens with zero attached hydrogens (tertiary/aromatic N) is 3. The summed E-state index contributed by atoms with van der Waals surface area (Å²) in [6.45, 7) is 1.28. The summed E-state index contributed by atoms with van der Waals surface area (Å²) in [4.78, 5) is 53.6. The van der Waals surface area contributed by atoms with Gasteiger partial charge in [0.25, 0.3) is 0 Å². The van der Waals surface area contributed by atoms with E-state index in [1.54, 1.807) is 0 Å². The van der Waals surface area contributed by atoms with Crippen molar-refractivity contribution in [2.45, 2.75) is 12.5 Å². The van der Waals surface area contributed by atoms with Crippen LogP contribution in [0.2, 0.25) is 0 Å². The first-order valence-electron chi connectivity index (χ1n) is 10.5. The number of rotatable bonds is 19. The Morgan fingerprint density at radius 1 is 0.667 bits per heavy atom. The fourth-order valence-corrected chi connectivity index (χ4v) is 2.69. The van der Waals surface area contributed by atoms with E-state index in [0.717, 1.165) is 4.90 Å². The summed E-state index contributed by atoms with van der Waals surface area (Å²) in [5, 5.41) is 9.04. The Morgan fingerprint density at radius 2 is 1.00 bits per heavy atom. The largest absolute Gasteiger partial charge is 0.480 e. The summed E-state index contributed by atoms with van der Waals surface area (Å²) in [5.41, 5.74) is 5.50. The number of ether oxygens (including phenoxy) is 4. The molecule has 0 radical (unpaired) electrons. The highest BCUT2D eigenvalue weighted by Gasteiger charge is 2.28. The SMILES string of the molecule is COCCN(CCOC)C(=O)CN(CC(=O)N(CCOC)CCOC)C(=O)C[C@H](N)C(=O)O. The molecular weight excluding hydrogens is 440 g/mol. The van der Waals surface area contributed by atoms with Crippen LogP contribution in [0.5, 0.6) is 0 Å². The van der Waals surface area contributed by atoms with Crippen LogP contribution in [0.1, 0.15) is 6.42 Å². The van der Waals surface area contributed by atoms with Crippen LogP contribution in [0.15, 0.2) is 0 Å². The topological polar surface area (TPSA) is 161 Å². The molecule has 0 aromatic carbocycles. The Labute approximate surface area is 194 Å². The van der Waals surface area contributed by atoms with E-state index in [9.17, 15) is 19.2 Å². The summed E-state index contributed by atoms with van der Waals surface area (Å²) in [7, 11) is 5.98. The van der Waals surface area contributed by atoms with Crippen molar-refractivity contribution in [3.05, 3.63) is 0 Å². The normalized spacial score (nSPS) is 11.7. The van der Waals surface area contributed by atoms with Gasteiger partial charge in [-0.05, 0) is 0 Å². The van der Waals surface area contributed by atoms with Gasteiger partial charge in [-0.2, -0.15) is 0 Å². The van der Waals surface area contributed by atoms with E-state index in [1.165, 1.54) is 38.2 Å². The number of hydrogen-bond acceptors (Lipinski definition) is 9. The van der Waals surface area contributed by atoms with Crippen LogP contribution in [-0.4, -0.2) is 144 Å². The van der Waals surface area contributed by atoms with Crippen LogP contribution >= 0.6 is 0 Å². The van der Waals surface area contributed by atoms with Gasteiger partial charge in [-0.3, -0.25) is 19.2 Å². The van der Waals surface area contributed by atoms with Gasteiger partial charge in [-0.25, -0.2) is 0 Å². The lowest BCUT2D eigenvalue weighted by molar-refractivity contribution is -0.147. The quantitative estimate of drug-likeness (QED) is 0.210. The molecular formula is C20H38N4O9. The first-order valence-corrected chi connectivity index (χ1v) is 10.5. The third-order valence-corrected chi connectivity index (χ3v) is 4.68. The molecule has 192 valence electrons. The van der Waals surface area contributed by atoms with Crippen molar-refractivity contribution in [1.82, 2.24) is 14.7 Å². The molecule has 0 bridgehead atoms. The fraction of sp³-hybridized carbons (Fsp3) is 0.800. The van der Waals surface area contributed by atoms with Gasteiger partial charge < -0.3 is 44.5 Å². The predicted molar refractivity (Wildman–Crippen MR) is 117 cm³/mol. The van der Waals surface area contributed by atoms with Crippen molar-refractivity contribution in [2.24, 2.45) is 5.73 Å². The Bertz CT molecular complexity index is 556. The van der Waals surface area contributed by atoms with Crippen LogP contribution in [0.3, 0.4) is 0 Å². The number of nitrogens with two attached hydrogens (primary N) is 1. The molecule has 3 N–H and O–H groups in total. The van der Waals surface area contributed by atoms with Crippen molar-refractivity contribution in [3.8, 4) is 0 Å². The van der Waals surface area contributed by atoms with E-state index < -0.39 is 49.2 Å². The number of carbonyl (C=O) groups is 4. The number of aliphatic carboxylic acids is 1. The number of hydrogen-bond donors (Lipinski definition) is 2. The summed E-state index contributed by atoms with van der Waals surface area (Å²) in [6.07, 6.45) is -0.553. The van der Waals surface area contributed by atoms with Crippen LogP contribution in [0.25, 0.3) is 0 Å². The average Bonchev–Trinajstić information content (AvgIpc) is 2.78.